The molecule has 0 spiro atoms. The predicted molar refractivity (Wildman–Crippen MR) is 73.8 cm³/mol. The number of fused-ring (bicyclic) bond motifs is 1. The highest BCUT2D eigenvalue weighted by Crippen LogP contribution is 2.38. The minimum atomic E-state index is 1.04. The highest BCUT2D eigenvalue weighted by Gasteiger charge is 2.25. The van der Waals surface area contributed by atoms with Gasteiger partial charge in [-0.1, -0.05) is 13.0 Å². The van der Waals surface area contributed by atoms with Crippen LogP contribution in [0, 0.1) is 6.42 Å². The van der Waals surface area contributed by atoms with Crippen molar-refractivity contribution in [3.63, 3.8) is 0 Å². The van der Waals surface area contributed by atoms with Crippen LogP contribution >= 0.6 is 0 Å². The van der Waals surface area contributed by atoms with Crippen molar-refractivity contribution in [1.82, 2.24) is 10.6 Å². The van der Waals surface area contributed by atoms with Crippen molar-refractivity contribution in [2.45, 2.75) is 13.3 Å². The van der Waals surface area contributed by atoms with Crippen LogP contribution in [0.15, 0.2) is 17.8 Å². The van der Waals surface area contributed by atoms with Gasteiger partial charge in [-0.3, -0.25) is 0 Å². The number of likely N-dealkylation sites (N-methyl/N-ethyl adjacent to an activating group) is 1. The third-order valence-corrected chi connectivity index (χ3v) is 3.31. The van der Waals surface area contributed by atoms with Gasteiger partial charge in [0, 0.05) is 44.5 Å². The number of anilines is 1. The molecule has 0 aliphatic heterocycles. The Morgan fingerprint density at radius 1 is 1.00 bits per heavy atom. The predicted octanol–water partition coefficient (Wildman–Crippen LogP) is 1.96. The highest BCUT2D eigenvalue weighted by atomic mass is 14.9. The van der Waals surface area contributed by atoms with E-state index in [1.807, 2.05) is 21.1 Å². The van der Waals surface area contributed by atoms with Crippen molar-refractivity contribution < 1.29 is 0 Å². The highest BCUT2D eigenvalue weighted by molar-refractivity contribution is 5.85. The van der Waals surface area contributed by atoms with Crippen molar-refractivity contribution in [1.29, 1.82) is 0 Å². The molecular weight excluding hydrogens is 210 g/mol. The van der Waals surface area contributed by atoms with Gasteiger partial charge in [0.15, 0.2) is 0 Å². The number of benzene rings is 1. The molecule has 0 heterocycles. The second-order valence-electron chi connectivity index (χ2n) is 4.10. The number of hydrogen-bond donors (Lipinski definition) is 3. The molecule has 0 aromatic heterocycles. The SMILES string of the molecule is CCc1ccc(NC)c2c1C(NC)=C(NC)[CH]2. The van der Waals surface area contributed by atoms with E-state index in [4.69, 9.17) is 0 Å². The molecule has 1 aliphatic rings. The quantitative estimate of drug-likeness (QED) is 0.740. The number of hydrogen-bond acceptors (Lipinski definition) is 3. The summed E-state index contributed by atoms with van der Waals surface area (Å²) < 4.78 is 0. The Labute approximate surface area is 103 Å². The van der Waals surface area contributed by atoms with Gasteiger partial charge in [-0.25, -0.2) is 0 Å². The first kappa shape index (κ1) is 11.8. The maximum atomic E-state index is 3.31. The molecule has 3 nitrogen and oxygen atoms in total. The molecule has 0 unspecified atom stereocenters. The Balaban J connectivity index is 2.62. The Hall–Kier alpha value is -1.64. The van der Waals surface area contributed by atoms with Crippen molar-refractivity contribution in [3.8, 4) is 0 Å². The fourth-order valence-corrected chi connectivity index (χ4v) is 2.43. The first-order chi connectivity index (χ1) is 8.26. The van der Waals surface area contributed by atoms with E-state index < -0.39 is 0 Å². The molecule has 1 aromatic rings. The molecule has 17 heavy (non-hydrogen) atoms. The molecule has 0 atom stereocenters. The summed E-state index contributed by atoms with van der Waals surface area (Å²) in [5.74, 6) is 0. The molecular formula is C14H20N3. The second-order valence-corrected chi connectivity index (χ2v) is 4.10. The third kappa shape index (κ3) is 1.75. The van der Waals surface area contributed by atoms with Crippen LogP contribution in [-0.2, 0) is 6.42 Å². The van der Waals surface area contributed by atoms with E-state index in [0.29, 0.717) is 0 Å². The molecule has 0 saturated carbocycles. The van der Waals surface area contributed by atoms with Crippen LogP contribution in [0.1, 0.15) is 23.6 Å². The van der Waals surface area contributed by atoms with Gasteiger partial charge in [-0.05, 0) is 23.6 Å². The van der Waals surface area contributed by atoms with Gasteiger partial charge >= 0.3 is 0 Å². The van der Waals surface area contributed by atoms with E-state index >= 15 is 0 Å². The van der Waals surface area contributed by atoms with Crippen molar-refractivity contribution in [3.05, 3.63) is 40.9 Å². The molecule has 91 valence electrons. The van der Waals surface area contributed by atoms with E-state index in [2.05, 4.69) is 41.4 Å². The standard InChI is InChI=1S/C14H20N3/c1-5-9-6-7-11(15-2)10-8-12(16-3)14(17-4)13(9)10/h6-8,15-17H,5H2,1-4H3. The van der Waals surface area contributed by atoms with Crippen LogP contribution in [0.4, 0.5) is 5.69 Å². The number of aryl methyl sites for hydroxylation is 1. The monoisotopic (exact) mass is 230 g/mol. The lowest BCUT2D eigenvalue weighted by Crippen LogP contribution is -2.13. The van der Waals surface area contributed by atoms with Crippen LogP contribution in [0.25, 0.3) is 5.70 Å². The average Bonchev–Trinajstić information content (AvgIpc) is 2.76. The maximum absolute atomic E-state index is 3.31. The van der Waals surface area contributed by atoms with Crippen LogP contribution in [0.3, 0.4) is 0 Å². The van der Waals surface area contributed by atoms with Crippen molar-refractivity contribution in [2.24, 2.45) is 0 Å². The summed E-state index contributed by atoms with van der Waals surface area (Å²) in [6, 6.07) is 4.36. The fraction of sp³-hybridized carbons (Fsp3) is 0.357. The molecule has 0 amide bonds. The molecule has 0 fully saturated rings. The minimum absolute atomic E-state index is 1.04. The first-order valence-corrected chi connectivity index (χ1v) is 6.05. The van der Waals surface area contributed by atoms with E-state index in [1.165, 1.54) is 28.1 Å². The topological polar surface area (TPSA) is 36.1 Å². The minimum Gasteiger partial charge on any atom is -0.389 e. The van der Waals surface area contributed by atoms with Gasteiger partial charge in [0.2, 0.25) is 0 Å². The van der Waals surface area contributed by atoms with Gasteiger partial charge in [-0.2, -0.15) is 0 Å². The number of allylic oxidation sites excluding steroid dienone is 1. The van der Waals surface area contributed by atoms with E-state index in [1.54, 1.807) is 0 Å². The lowest BCUT2D eigenvalue weighted by molar-refractivity contribution is 0.991. The van der Waals surface area contributed by atoms with Crippen LogP contribution in [0.2, 0.25) is 0 Å². The van der Waals surface area contributed by atoms with Gasteiger partial charge in [0.1, 0.15) is 0 Å². The summed E-state index contributed by atoms with van der Waals surface area (Å²) >= 11 is 0. The fourth-order valence-electron chi connectivity index (χ4n) is 2.43. The molecule has 1 aromatic carbocycles. The summed E-state index contributed by atoms with van der Waals surface area (Å²) in [5, 5.41) is 9.81. The van der Waals surface area contributed by atoms with Crippen molar-refractivity contribution >= 4 is 11.4 Å². The largest absolute Gasteiger partial charge is 0.389 e. The summed E-state index contributed by atoms with van der Waals surface area (Å²) in [4.78, 5) is 0. The normalized spacial score (nSPS) is 13.6. The average molecular weight is 230 g/mol. The third-order valence-electron chi connectivity index (χ3n) is 3.31. The summed E-state index contributed by atoms with van der Waals surface area (Å²) in [6.07, 6.45) is 3.24. The molecule has 1 aliphatic carbocycles. The first-order valence-electron chi connectivity index (χ1n) is 6.05. The lowest BCUT2D eigenvalue weighted by atomic mass is 9.98. The Morgan fingerprint density at radius 2 is 1.76 bits per heavy atom. The van der Waals surface area contributed by atoms with Gasteiger partial charge in [0.05, 0.1) is 5.70 Å². The van der Waals surface area contributed by atoms with Crippen LogP contribution in [-0.4, -0.2) is 21.1 Å². The summed E-state index contributed by atoms with van der Waals surface area (Å²) in [7, 11) is 5.90. The zero-order chi connectivity index (χ0) is 12.4. The van der Waals surface area contributed by atoms with E-state index in [9.17, 15) is 0 Å². The Kier molecular flexibility index (Phi) is 3.27. The van der Waals surface area contributed by atoms with Crippen molar-refractivity contribution in [2.75, 3.05) is 26.5 Å². The van der Waals surface area contributed by atoms with E-state index in [0.717, 1.165) is 12.1 Å². The zero-order valence-electron chi connectivity index (χ0n) is 10.9. The summed E-state index contributed by atoms with van der Waals surface area (Å²) in [5.41, 5.74) is 7.50. The van der Waals surface area contributed by atoms with E-state index in [-0.39, 0.29) is 0 Å². The van der Waals surface area contributed by atoms with Gasteiger partial charge in [-0.15, -0.1) is 0 Å². The summed E-state index contributed by atoms with van der Waals surface area (Å²) in [6.45, 7) is 2.19. The van der Waals surface area contributed by atoms with Gasteiger partial charge in [0.25, 0.3) is 0 Å². The molecule has 3 N–H and O–H groups in total. The molecule has 0 saturated heterocycles. The molecule has 3 heteroatoms. The van der Waals surface area contributed by atoms with Crippen LogP contribution in [0.5, 0.6) is 0 Å². The molecule has 2 rings (SSSR count). The molecule has 0 bridgehead atoms. The number of nitrogens with one attached hydrogen (secondary N) is 3. The zero-order valence-corrected chi connectivity index (χ0v) is 10.9. The Bertz CT molecular complexity index is 461. The van der Waals surface area contributed by atoms with Crippen LogP contribution < -0.4 is 16.0 Å². The molecule has 1 radical (unpaired) electrons. The Morgan fingerprint density at radius 3 is 2.29 bits per heavy atom. The van der Waals surface area contributed by atoms with Gasteiger partial charge < -0.3 is 16.0 Å². The lowest BCUT2D eigenvalue weighted by Gasteiger charge is -2.14. The smallest absolute Gasteiger partial charge is 0.0617 e. The number of rotatable bonds is 4. The maximum Gasteiger partial charge on any atom is 0.0617 e. The second kappa shape index (κ2) is 4.70.